The molecule has 1 amide bonds. The Hall–Kier alpha value is -1.76. The summed E-state index contributed by atoms with van der Waals surface area (Å²) in [6, 6.07) is -0.0791. The first-order valence-corrected chi connectivity index (χ1v) is 5.31. The van der Waals surface area contributed by atoms with Gasteiger partial charge in [-0.05, 0) is 0 Å². The van der Waals surface area contributed by atoms with Crippen LogP contribution in [0.3, 0.4) is 0 Å². The van der Waals surface area contributed by atoms with Gasteiger partial charge in [-0.1, -0.05) is 11.8 Å². The number of aromatic nitrogens is 3. The zero-order valence-electron chi connectivity index (χ0n) is 9.04. The number of hydrogen-bond donors (Lipinski definition) is 0. The van der Waals surface area contributed by atoms with Crippen LogP contribution < -0.4 is 0 Å². The van der Waals surface area contributed by atoms with Gasteiger partial charge in [-0.3, -0.25) is 4.79 Å². The number of ether oxygens (including phenoxy) is 1. The molecule has 0 saturated carbocycles. The van der Waals surface area contributed by atoms with E-state index in [1.807, 2.05) is 0 Å². The van der Waals surface area contributed by atoms with Crippen molar-refractivity contribution >= 4 is 5.91 Å². The van der Waals surface area contributed by atoms with E-state index in [2.05, 4.69) is 16.9 Å². The Kier molecular flexibility index (Phi) is 2.22. The number of halogens is 1. The fraction of sp³-hybridized carbons (Fsp3) is 0.500. The normalized spacial score (nSPS) is 26.5. The standard InChI is InChI=1S/C10H11FN4O2/c1-6(11)10(16)14-3-8-9(4-14)17-5-7-2-12-13-15(7)8/h2,8-9H,1,3-5H2/t8-,9-/m0/s1. The van der Waals surface area contributed by atoms with Gasteiger partial charge in [0.25, 0.3) is 5.91 Å². The summed E-state index contributed by atoms with van der Waals surface area (Å²) in [6.07, 6.45) is 1.49. The first-order valence-electron chi connectivity index (χ1n) is 5.31. The van der Waals surface area contributed by atoms with Gasteiger partial charge in [0.15, 0.2) is 5.83 Å². The predicted molar refractivity (Wildman–Crippen MR) is 54.5 cm³/mol. The van der Waals surface area contributed by atoms with E-state index in [-0.39, 0.29) is 12.1 Å². The molecule has 3 heterocycles. The van der Waals surface area contributed by atoms with E-state index >= 15 is 0 Å². The average Bonchev–Trinajstić information content (AvgIpc) is 2.92. The molecule has 17 heavy (non-hydrogen) atoms. The van der Waals surface area contributed by atoms with Crippen molar-refractivity contribution in [2.75, 3.05) is 13.1 Å². The van der Waals surface area contributed by atoms with Crippen molar-refractivity contribution in [3.05, 3.63) is 24.3 Å². The highest BCUT2D eigenvalue weighted by Gasteiger charge is 2.41. The Bertz CT molecular complexity index is 486. The number of nitrogens with zero attached hydrogens (tertiary/aromatic N) is 4. The summed E-state index contributed by atoms with van der Waals surface area (Å²) < 4.78 is 20.2. The van der Waals surface area contributed by atoms with E-state index in [1.165, 1.54) is 4.90 Å². The van der Waals surface area contributed by atoms with Crippen LogP contribution in [-0.2, 0) is 16.1 Å². The molecule has 0 bridgehead atoms. The van der Waals surface area contributed by atoms with Crippen molar-refractivity contribution in [3.63, 3.8) is 0 Å². The molecule has 2 aliphatic heterocycles. The highest BCUT2D eigenvalue weighted by Crippen LogP contribution is 2.30. The van der Waals surface area contributed by atoms with Crippen LogP contribution in [0.5, 0.6) is 0 Å². The third kappa shape index (κ3) is 1.54. The minimum atomic E-state index is -0.942. The Morgan fingerprint density at radius 1 is 1.59 bits per heavy atom. The van der Waals surface area contributed by atoms with E-state index in [0.29, 0.717) is 19.7 Å². The SMILES string of the molecule is C=C(F)C(=O)N1C[C@@H]2OCc3cnnn3[C@H]2C1. The van der Waals surface area contributed by atoms with Crippen molar-refractivity contribution < 1.29 is 13.9 Å². The van der Waals surface area contributed by atoms with E-state index < -0.39 is 11.7 Å². The highest BCUT2D eigenvalue weighted by molar-refractivity contribution is 5.90. The summed E-state index contributed by atoms with van der Waals surface area (Å²) in [7, 11) is 0. The fourth-order valence-corrected chi connectivity index (χ4v) is 2.33. The molecule has 0 aliphatic carbocycles. The van der Waals surface area contributed by atoms with Crippen molar-refractivity contribution in [1.29, 1.82) is 0 Å². The molecule has 1 fully saturated rings. The van der Waals surface area contributed by atoms with E-state index in [0.717, 1.165) is 5.69 Å². The van der Waals surface area contributed by atoms with Crippen LogP contribution in [0.15, 0.2) is 18.6 Å². The second kappa shape index (κ2) is 3.63. The Morgan fingerprint density at radius 2 is 2.41 bits per heavy atom. The lowest BCUT2D eigenvalue weighted by atomic mass is 10.2. The number of carbonyl (C=O) groups is 1. The van der Waals surface area contributed by atoms with Gasteiger partial charge >= 0.3 is 0 Å². The number of amides is 1. The zero-order chi connectivity index (χ0) is 12.0. The summed E-state index contributed by atoms with van der Waals surface area (Å²) >= 11 is 0. The zero-order valence-corrected chi connectivity index (χ0v) is 9.04. The van der Waals surface area contributed by atoms with Gasteiger partial charge in [0.05, 0.1) is 30.6 Å². The van der Waals surface area contributed by atoms with Crippen LogP contribution in [0.1, 0.15) is 11.7 Å². The minimum Gasteiger partial charge on any atom is -0.368 e. The van der Waals surface area contributed by atoms with Crippen molar-refractivity contribution in [1.82, 2.24) is 19.9 Å². The van der Waals surface area contributed by atoms with Crippen molar-refractivity contribution in [3.8, 4) is 0 Å². The summed E-state index contributed by atoms with van der Waals surface area (Å²) in [4.78, 5) is 12.9. The predicted octanol–water partition coefficient (Wildman–Crippen LogP) is 0.0434. The first kappa shape index (κ1) is 10.4. The molecule has 0 unspecified atom stereocenters. The molecular weight excluding hydrogens is 227 g/mol. The number of hydrogen-bond acceptors (Lipinski definition) is 4. The van der Waals surface area contributed by atoms with Crippen LogP contribution in [0.2, 0.25) is 0 Å². The fourth-order valence-electron chi connectivity index (χ4n) is 2.33. The lowest BCUT2D eigenvalue weighted by Gasteiger charge is -2.25. The van der Waals surface area contributed by atoms with Crippen LogP contribution in [0.25, 0.3) is 0 Å². The molecule has 0 spiro atoms. The van der Waals surface area contributed by atoms with E-state index in [9.17, 15) is 9.18 Å². The Labute approximate surface area is 96.6 Å². The number of carbonyl (C=O) groups excluding carboxylic acids is 1. The van der Waals surface area contributed by atoms with Crippen LogP contribution >= 0.6 is 0 Å². The maximum Gasteiger partial charge on any atom is 0.282 e. The number of likely N-dealkylation sites (tertiary alicyclic amines) is 1. The molecule has 2 aliphatic rings. The summed E-state index contributed by atoms with van der Waals surface area (Å²) in [6.45, 7) is 4.19. The van der Waals surface area contributed by atoms with Gasteiger partial charge in [0, 0.05) is 13.1 Å². The first-order chi connectivity index (χ1) is 8.16. The molecule has 1 aromatic heterocycles. The highest BCUT2D eigenvalue weighted by atomic mass is 19.1. The number of fused-ring (bicyclic) bond motifs is 3. The molecule has 1 saturated heterocycles. The van der Waals surface area contributed by atoms with Crippen LogP contribution in [-0.4, -0.2) is 45.0 Å². The molecule has 7 heteroatoms. The maximum absolute atomic E-state index is 12.8. The third-order valence-corrected chi connectivity index (χ3v) is 3.16. The summed E-state index contributed by atoms with van der Waals surface area (Å²) in [5.41, 5.74) is 0.875. The second-order valence-electron chi connectivity index (χ2n) is 4.20. The minimum absolute atomic E-state index is 0.0791. The van der Waals surface area contributed by atoms with Crippen LogP contribution in [0.4, 0.5) is 4.39 Å². The van der Waals surface area contributed by atoms with Gasteiger partial charge in [-0.25, -0.2) is 9.07 Å². The van der Waals surface area contributed by atoms with E-state index in [4.69, 9.17) is 4.74 Å². The molecule has 1 aromatic rings. The second-order valence-corrected chi connectivity index (χ2v) is 4.20. The van der Waals surface area contributed by atoms with Gasteiger partial charge in [-0.2, -0.15) is 0 Å². The van der Waals surface area contributed by atoms with Gasteiger partial charge < -0.3 is 9.64 Å². The topological polar surface area (TPSA) is 60.3 Å². The average molecular weight is 238 g/mol. The van der Waals surface area contributed by atoms with Gasteiger partial charge in [0.2, 0.25) is 0 Å². The van der Waals surface area contributed by atoms with Crippen molar-refractivity contribution in [2.24, 2.45) is 0 Å². The smallest absolute Gasteiger partial charge is 0.282 e. The lowest BCUT2D eigenvalue weighted by Crippen LogP contribution is -2.32. The molecule has 0 N–H and O–H groups in total. The summed E-state index contributed by atoms with van der Waals surface area (Å²) in [5.74, 6) is -1.62. The van der Waals surface area contributed by atoms with E-state index in [1.54, 1.807) is 10.9 Å². The molecule has 6 nitrogen and oxygen atoms in total. The molecule has 0 radical (unpaired) electrons. The molecule has 0 aromatic carbocycles. The third-order valence-electron chi connectivity index (χ3n) is 3.16. The molecule has 3 rings (SSSR count). The largest absolute Gasteiger partial charge is 0.368 e. The number of rotatable bonds is 1. The van der Waals surface area contributed by atoms with Gasteiger partial charge in [0.1, 0.15) is 0 Å². The molecule has 2 atom stereocenters. The Morgan fingerprint density at radius 3 is 3.18 bits per heavy atom. The molecule has 90 valence electrons. The van der Waals surface area contributed by atoms with Crippen molar-refractivity contribution in [2.45, 2.75) is 18.8 Å². The lowest BCUT2D eigenvalue weighted by molar-refractivity contribution is -0.128. The quantitative estimate of drug-likeness (QED) is 0.648. The van der Waals surface area contributed by atoms with Crippen LogP contribution in [0, 0.1) is 0 Å². The van der Waals surface area contributed by atoms with Gasteiger partial charge in [-0.15, -0.1) is 5.10 Å². The maximum atomic E-state index is 12.8. The molecular formula is C10H11FN4O2. The summed E-state index contributed by atoms with van der Waals surface area (Å²) in [5, 5.41) is 7.78. The monoisotopic (exact) mass is 238 g/mol. The Balaban J connectivity index is 1.84.